The van der Waals surface area contributed by atoms with Gasteiger partial charge in [-0.15, -0.1) is 0 Å². The standard InChI is InChI=1S/C33H41N3O4/c1-6-33(5)15-8-7-9-22-10-12-29-24(17-22)26(19-32(3,4)40-29)35-31(38)23-11-13-28-25(18-23)27(14-16-39-28)36(21(2)34)30(37)20-33/h7,9-13,17-18,26-27,34H,6,8,14-16,19-20H2,1-5H3,(H,35,38)/b9-7+,34-21?/t26-,27+,33?/m0/s1. The summed E-state index contributed by atoms with van der Waals surface area (Å²) in [6, 6.07) is 11.0. The molecule has 3 atom stereocenters. The van der Waals surface area contributed by atoms with Gasteiger partial charge < -0.3 is 14.8 Å². The molecule has 5 rings (SSSR count). The SMILES string of the molecule is CCC1(C)CC/C=C/c2ccc3c(c2)[C@H](CC(C)(C)O3)NC(=O)c2ccc3c(c2)[C@@H](CCO3)N(C(C)=N)C(=O)C1. The highest BCUT2D eigenvalue weighted by molar-refractivity contribution is 5.97. The summed E-state index contributed by atoms with van der Waals surface area (Å²) in [5, 5.41) is 11.8. The maximum Gasteiger partial charge on any atom is 0.251 e. The smallest absolute Gasteiger partial charge is 0.251 e. The van der Waals surface area contributed by atoms with Gasteiger partial charge in [-0.05, 0) is 74.9 Å². The molecule has 212 valence electrons. The summed E-state index contributed by atoms with van der Waals surface area (Å²) in [4.78, 5) is 29.1. The Morgan fingerprint density at radius 3 is 2.62 bits per heavy atom. The average Bonchev–Trinajstić information content (AvgIpc) is 2.90. The normalized spacial score (nSPS) is 26.9. The number of fused-ring (bicyclic) bond motifs is 2. The molecule has 0 fully saturated rings. The van der Waals surface area contributed by atoms with Crippen LogP contribution in [0.1, 0.15) is 112 Å². The van der Waals surface area contributed by atoms with Gasteiger partial charge in [-0.3, -0.25) is 19.9 Å². The van der Waals surface area contributed by atoms with Crippen molar-refractivity contribution < 1.29 is 19.1 Å². The van der Waals surface area contributed by atoms with Crippen molar-refractivity contribution in [1.29, 1.82) is 5.41 Å². The molecule has 1 unspecified atom stereocenters. The Kier molecular flexibility index (Phi) is 7.51. The molecule has 2 amide bonds. The number of amidine groups is 1. The van der Waals surface area contributed by atoms with Gasteiger partial charge in [-0.25, -0.2) is 0 Å². The van der Waals surface area contributed by atoms with E-state index in [1.807, 2.05) is 38.1 Å². The third-order valence-electron chi connectivity index (χ3n) is 8.67. The van der Waals surface area contributed by atoms with Crippen LogP contribution in [0.5, 0.6) is 11.5 Å². The molecule has 7 nitrogen and oxygen atoms in total. The molecule has 0 radical (unpaired) electrons. The van der Waals surface area contributed by atoms with E-state index in [2.05, 4.69) is 37.4 Å². The van der Waals surface area contributed by atoms with Crippen molar-refractivity contribution in [3.8, 4) is 11.5 Å². The second-order valence-corrected chi connectivity index (χ2v) is 12.4. The van der Waals surface area contributed by atoms with Crippen LogP contribution in [-0.2, 0) is 4.79 Å². The molecule has 0 saturated heterocycles. The third kappa shape index (κ3) is 5.65. The zero-order valence-corrected chi connectivity index (χ0v) is 24.3. The van der Waals surface area contributed by atoms with E-state index in [0.29, 0.717) is 37.2 Å². The van der Waals surface area contributed by atoms with Gasteiger partial charge in [0.15, 0.2) is 0 Å². The van der Waals surface area contributed by atoms with Gasteiger partial charge in [0.05, 0.1) is 24.5 Å². The average molecular weight is 544 g/mol. The van der Waals surface area contributed by atoms with Gasteiger partial charge in [0.25, 0.3) is 5.91 Å². The molecular weight excluding hydrogens is 502 g/mol. The van der Waals surface area contributed by atoms with Gasteiger partial charge >= 0.3 is 0 Å². The largest absolute Gasteiger partial charge is 0.493 e. The number of nitrogens with one attached hydrogen (secondary N) is 2. The van der Waals surface area contributed by atoms with E-state index in [9.17, 15) is 9.59 Å². The lowest BCUT2D eigenvalue weighted by atomic mass is 9.79. The van der Waals surface area contributed by atoms with Crippen LogP contribution in [0.15, 0.2) is 42.5 Å². The fraction of sp³-hybridized carbons (Fsp3) is 0.485. The summed E-state index contributed by atoms with van der Waals surface area (Å²) in [5.41, 5.74) is 2.68. The summed E-state index contributed by atoms with van der Waals surface area (Å²) in [6.07, 6.45) is 8.40. The van der Waals surface area contributed by atoms with Crippen molar-refractivity contribution in [2.24, 2.45) is 5.41 Å². The van der Waals surface area contributed by atoms with Gasteiger partial charge in [0.2, 0.25) is 5.91 Å². The van der Waals surface area contributed by atoms with Crippen LogP contribution in [0, 0.1) is 10.8 Å². The maximum atomic E-state index is 13.8. The number of nitrogens with zero attached hydrogens (tertiary/aromatic N) is 1. The van der Waals surface area contributed by atoms with E-state index in [4.69, 9.17) is 14.9 Å². The van der Waals surface area contributed by atoms with E-state index >= 15 is 0 Å². The van der Waals surface area contributed by atoms with Gasteiger partial charge in [-0.1, -0.05) is 38.5 Å². The van der Waals surface area contributed by atoms with E-state index in [0.717, 1.165) is 41.7 Å². The predicted octanol–water partition coefficient (Wildman–Crippen LogP) is 6.98. The third-order valence-corrected chi connectivity index (χ3v) is 8.67. The monoisotopic (exact) mass is 543 g/mol. The first-order valence-electron chi connectivity index (χ1n) is 14.4. The van der Waals surface area contributed by atoms with Crippen LogP contribution in [0.2, 0.25) is 0 Å². The van der Waals surface area contributed by atoms with Crippen molar-refractivity contribution in [2.75, 3.05) is 6.61 Å². The predicted molar refractivity (Wildman–Crippen MR) is 157 cm³/mol. The number of carbonyl (C=O) groups excluding carboxylic acids is 2. The fourth-order valence-electron chi connectivity index (χ4n) is 6.22. The summed E-state index contributed by atoms with van der Waals surface area (Å²) in [7, 11) is 0. The van der Waals surface area contributed by atoms with Crippen LogP contribution < -0.4 is 14.8 Å². The summed E-state index contributed by atoms with van der Waals surface area (Å²) in [5.74, 6) is 1.42. The number of rotatable bonds is 1. The number of hydrogen-bond donors (Lipinski definition) is 2. The highest BCUT2D eigenvalue weighted by atomic mass is 16.5. The first-order chi connectivity index (χ1) is 19.0. The Morgan fingerprint density at radius 2 is 1.88 bits per heavy atom. The van der Waals surface area contributed by atoms with Crippen LogP contribution in [0.3, 0.4) is 0 Å². The topological polar surface area (TPSA) is 91.7 Å². The Bertz CT molecular complexity index is 1360. The number of hydrogen-bond acceptors (Lipinski definition) is 5. The van der Waals surface area contributed by atoms with Crippen molar-refractivity contribution in [3.63, 3.8) is 0 Å². The van der Waals surface area contributed by atoms with E-state index in [1.54, 1.807) is 17.9 Å². The van der Waals surface area contributed by atoms with Crippen LogP contribution in [0.4, 0.5) is 0 Å². The minimum Gasteiger partial charge on any atom is -0.493 e. The molecule has 40 heavy (non-hydrogen) atoms. The van der Waals surface area contributed by atoms with Gasteiger partial charge in [-0.2, -0.15) is 0 Å². The van der Waals surface area contributed by atoms with Crippen molar-refractivity contribution in [2.45, 2.75) is 90.8 Å². The van der Waals surface area contributed by atoms with Gasteiger partial charge in [0, 0.05) is 36.0 Å². The first-order valence-corrected chi connectivity index (χ1v) is 14.4. The van der Waals surface area contributed by atoms with Crippen molar-refractivity contribution >= 4 is 23.7 Å². The second kappa shape index (κ2) is 10.8. The Balaban J connectivity index is 1.60. The van der Waals surface area contributed by atoms with Crippen molar-refractivity contribution in [1.82, 2.24) is 10.2 Å². The molecule has 0 spiro atoms. The highest BCUT2D eigenvalue weighted by Gasteiger charge is 2.37. The molecule has 3 aliphatic heterocycles. The molecule has 0 saturated carbocycles. The second-order valence-electron chi connectivity index (χ2n) is 12.4. The molecular formula is C33H41N3O4. The molecule has 2 aromatic rings. The Morgan fingerprint density at radius 1 is 1.10 bits per heavy atom. The number of allylic oxidation sites excluding steroid dienone is 1. The molecule has 2 aromatic carbocycles. The number of ether oxygens (including phenoxy) is 2. The quantitative estimate of drug-likeness (QED) is 0.300. The summed E-state index contributed by atoms with van der Waals surface area (Å²) < 4.78 is 12.2. The minimum absolute atomic E-state index is 0.0562. The lowest BCUT2D eigenvalue weighted by Gasteiger charge is -2.38. The lowest BCUT2D eigenvalue weighted by molar-refractivity contribution is -0.132. The lowest BCUT2D eigenvalue weighted by Crippen LogP contribution is -2.42. The fourth-order valence-corrected chi connectivity index (χ4v) is 6.22. The molecule has 3 aliphatic rings. The van der Waals surface area contributed by atoms with E-state index in [1.165, 1.54) is 0 Å². The Hall–Kier alpha value is -3.61. The first kappa shape index (κ1) is 27.9. The van der Waals surface area contributed by atoms with Gasteiger partial charge in [0.1, 0.15) is 17.1 Å². The zero-order valence-electron chi connectivity index (χ0n) is 24.3. The summed E-state index contributed by atoms with van der Waals surface area (Å²) in [6.45, 7) is 10.5. The minimum atomic E-state index is -0.430. The van der Waals surface area contributed by atoms with Crippen molar-refractivity contribution in [3.05, 3.63) is 64.7 Å². The molecule has 4 bridgehead atoms. The summed E-state index contributed by atoms with van der Waals surface area (Å²) >= 11 is 0. The molecule has 0 aliphatic carbocycles. The molecule has 0 aromatic heterocycles. The van der Waals surface area contributed by atoms with E-state index < -0.39 is 5.60 Å². The number of benzene rings is 2. The number of amides is 2. The molecule has 2 N–H and O–H groups in total. The van der Waals surface area contributed by atoms with Crippen LogP contribution in [0.25, 0.3) is 6.08 Å². The van der Waals surface area contributed by atoms with E-state index in [-0.39, 0.29) is 35.1 Å². The Labute approximate surface area is 237 Å². The van der Waals surface area contributed by atoms with Crippen LogP contribution >= 0.6 is 0 Å². The van der Waals surface area contributed by atoms with Crippen LogP contribution in [-0.4, -0.2) is 34.8 Å². The molecule has 3 heterocycles. The highest BCUT2D eigenvalue weighted by Crippen LogP contribution is 2.42. The molecule has 7 heteroatoms. The number of carbonyl (C=O) groups is 2. The zero-order chi connectivity index (χ0) is 28.7. The maximum absolute atomic E-state index is 13.8.